The number of nitrogens with one attached hydrogen (secondary N) is 2. The number of carbonyl (C=O) groups excluding carboxylic acids is 1. The van der Waals surface area contributed by atoms with Gasteiger partial charge in [-0.05, 0) is 120 Å². The third kappa shape index (κ3) is 4.23. The van der Waals surface area contributed by atoms with Crippen LogP contribution in [0, 0.1) is 40.4 Å². The molecule has 1 heterocycles. The topological polar surface area (TPSA) is 50.4 Å². The van der Waals surface area contributed by atoms with Gasteiger partial charge in [-0.15, -0.1) is 0 Å². The van der Waals surface area contributed by atoms with Gasteiger partial charge in [0.2, 0.25) is 0 Å². The summed E-state index contributed by atoms with van der Waals surface area (Å²) in [6, 6.07) is 0.875. The molecule has 36 heavy (non-hydrogen) atoms. The SMILES string of the molecule is CN[C@@H]1CC[C@]2(C)[C@H]3CC[C@]4(C)[C@@H]([C@H](C)CC5NCCC5=C(C)C)CC[C@H]4C3=CC[C@H]2[C@H]1OC(C)=O. The fourth-order valence-corrected chi connectivity index (χ4v) is 10.2. The predicted molar refractivity (Wildman–Crippen MR) is 148 cm³/mol. The van der Waals surface area contributed by atoms with Crippen molar-refractivity contribution >= 4 is 5.97 Å². The zero-order chi connectivity index (χ0) is 25.8. The first-order chi connectivity index (χ1) is 17.1. The monoisotopic (exact) mass is 496 g/mol. The van der Waals surface area contributed by atoms with Crippen LogP contribution in [-0.4, -0.2) is 37.7 Å². The van der Waals surface area contributed by atoms with Crippen molar-refractivity contribution in [2.45, 2.75) is 118 Å². The fraction of sp³-hybridized carbons (Fsp3) is 0.844. The van der Waals surface area contributed by atoms with Crippen LogP contribution in [0.3, 0.4) is 0 Å². The van der Waals surface area contributed by atoms with Crippen LogP contribution in [0.4, 0.5) is 0 Å². The average Bonchev–Trinajstić information content (AvgIpc) is 3.42. The second kappa shape index (κ2) is 9.88. The van der Waals surface area contributed by atoms with Crippen LogP contribution in [0.15, 0.2) is 22.8 Å². The molecule has 0 spiro atoms. The molecule has 1 saturated heterocycles. The van der Waals surface area contributed by atoms with Crippen molar-refractivity contribution in [1.29, 1.82) is 0 Å². The number of hydrogen-bond donors (Lipinski definition) is 2. The minimum atomic E-state index is -0.129. The Morgan fingerprint density at radius 2 is 1.83 bits per heavy atom. The van der Waals surface area contributed by atoms with Crippen molar-refractivity contribution < 1.29 is 9.53 Å². The van der Waals surface area contributed by atoms with Gasteiger partial charge in [0, 0.05) is 24.9 Å². The van der Waals surface area contributed by atoms with E-state index in [2.05, 4.69) is 51.3 Å². The summed E-state index contributed by atoms with van der Waals surface area (Å²) in [5.74, 6) is 3.29. The quantitative estimate of drug-likeness (QED) is 0.341. The van der Waals surface area contributed by atoms with Gasteiger partial charge < -0.3 is 15.4 Å². The second-order valence-electron chi connectivity index (χ2n) is 13.9. The predicted octanol–water partition coefficient (Wildman–Crippen LogP) is 6.42. The van der Waals surface area contributed by atoms with Crippen molar-refractivity contribution in [3.63, 3.8) is 0 Å². The third-order valence-corrected chi connectivity index (χ3v) is 12.0. The number of esters is 1. The van der Waals surface area contributed by atoms with E-state index in [1.54, 1.807) is 18.1 Å². The maximum atomic E-state index is 12.0. The van der Waals surface area contributed by atoms with Gasteiger partial charge >= 0.3 is 5.97 Å². The van der Waals surface area contributed by atoms with E-state index in [9.17, 15) is 4.79 Å². The van der Waals surface area contributed by atoms with Crippen LogP contribution >= 0.6 is 0 Å². The summed E-state index contributed by atoms with van der Waals surface area (Å²) in [7, 11) is 2.03. The molecule has 1 unspecified atom stereocenters. The number of ether oxygens (including phenoxy) is 1. The van der Waals surface area contributed by atoms with Crippen LogP contribution in [-0.2, 0) is 9.53 Å². The van der Waals surface area contributed by atoms with Gasteiger partial charge in [-0.2, -0.15) is 0 Å². The van der Waals surface area contributed by atoms with Gasteiger partial charge in [-0.25, -0.2) is 0 Å². The van der Waals surface area contributed by atoms with E-state index in [1.807, 2.05) is 7.05 Å². The highest BCUT2D eigenvalue weighted by Gasteiger charge is 2.60. The molecule has 0 aromatic carbocycles. The molecule has 10 atom stereocenters. The van der Waals surface area contributed by atoms with E-state index in [4.69, 9.17) is 4.74 Å². The number of fused-ring (bicyclic) bond motifs is 5. The third-order valence-electron chi connectivity index (χ3n) is 12.0. The van der Waals surface area contributed by atoms with Gasteiger partial charge in [-0.3, -0.25) is 4.79 Å². The van der Waals surface area contributed by atoms with Gasteiger partial charge in [-0.1, -0.05) is 43.6 Å². The van der Waals surface area contributed by atoms with Gasteiger partial charge in [0.05, 0.1) is 0 Å². The summed E-state index contributed by atoms with van der Waals surface area (Å²) in [6.07, 6.45) is 14.0. The molecule has 202 valence electrons. The molecule has 4 heteroatoms. The van der Waals surface area contributed by atoms with Crippen LogP contribution < -0.4 is 10.6 Å². The lowest BCUT2D eigenvalue weighted by Gasteiger charge is -2.59. The zero-order valence-electron chi connectivity index (χ0n) is 24.1. The molecule has 0 aromatic rings. The molecule has 5 aliphatic rings. The Morgan fingerprint density at radius 3 is 2.53 bits per heavy atom. The molecule has 0 bridgehead atoms. The first kappa shape index (κ1) is 26.5. The Labute approximate surface area is 220 Å². The molecule has 1 aliphatic heterocycles. The smallest absolute Gasteiger partial charge is 0.302 e. The molecule has 0 amide bonds. The van der Waals surface area contributed by atoms with Gasteiger partial charge in [0.1, 0.15) is 6.10 Å². The standard InChI is InChI=1S/C32H52N2O2/c1-19(2)22-14-17-34-29(22)18-20(3)24-10-11-25-23-8-9-27-30(36-21(4)35)28(33-7)13-16-32(27,6)26(23)12-15-31(24,25)5/h8,20,24-30,33-34H,9-18H2,1-7H3/t20-,24-,25+,26+,27+,28-,29?,30-,31-,32-/m1/s1. The number of hydrogen-bond acceptors (Lipinski definition) is 4. The number of carbonyl (C=O) groups is 1. The normalized spacial score (nSPS) is 44.8. The van der Waals surface area contributed by atoms with Crippen LogP contribution in [0.5, 0.6) is 0 Å². The highest BCUT2D eigenvalue weighted by molar-refractivity contribution is 5.66. The highest BCUT2D eigenvalue weighted by Crippen LogP contribution is 2.67. The van der Waals surface area contributed by atoms with Crippen molar-refractivity contribution in [1.82, 2.24) is 10.6 Å². The largest absolute Gasteiger partial charge is 0.461 e. The Bertz CT molecular complexity index is 919. The van der Waals surface area contributed by atoms with E-state index < -0.39 is 0 Å². The minimum Gasteiger partial charge on any atom is -0.461 e. The summed E-state index contributed by atoms with van der Waals surface area (Å²) in [5.41, 5.74) is 5.69. The summed E-state index contributed by atoms with van der Waals surface area (Å²) in [5, 5.41) is 7.30. The van der Waals surface area contributed by atoms with Gasteiger partial charge in [0.15, 0.2) is 0 Å². The van der Waals surface area contributed by atoms with E-state index in [0.29, 0.717) is 23.3 Å². The van der Waals surface area contributed by atoms with Crippen LogP contribution in [0.25, 0.3) is 0 Å². The van der Waals surface area contributed by atoms with Gasteiger partial charge in [0.25, 0.3) is 0 Å². The summed E-state index contributed by atoms with van der Waals surface area (Å²) in [6.45, 7) is 15.1. The second-order valence-corrected chi connectivity index (χ2v) is 13.9. The molecule has 4 nitrogen and oxygen atoms in total. The Kier molecular flexibility index (Phi) is 7.26. The Balaban J connectivity index is 1.37. The zero-order valence-corrected chi connectivity index (χ0v) is 24.1. The number of allylic oxidation sites excluding steroid dienone is 3. The van der Waals surface area contributed by atoms with E-state index in [1.165, 1.54) is 50.5 Å². The molecule has 5 rings (SSSR count). The fourth-order valence-electron chi connectivity index (χ4n) is 10.2. The van der Waals surface area contributed by atoms with E-state index >= 15 is 0 Å². The molecule has 0 radical (unpaired) electrons. The summed E-state index contributed by atoms with van der Waals surface area (Å²) >= 11 is 0. The molecular formula is C32H52N2O2. The lowest BCUT2D eigenvalue weighted by molar-refractivity contribution is -0.162. The molecule has 4 aliphatic carbocycles. The van der Waals surface area contributed by atoms with Crippen molar-refractivity contribution in [3.05, 3.63) is 22.8 Å². The maximum Gasteiger partial charge on any atom is 0.302 e. The first-order valence-corrected chi connectivity index (χ1v) is 15.0. The number of likely N-dealkylation sites (N-methyl/N-ethyl adjacent to an activating group) is 1. The Morgan fingerprint density at radius 1 is 1.11 bits per heavy atom. The van der Waals surface area contributed by atoms with Crippen molar-refractivity contribution in [2.24, 2.45) is 40.4 Å². The summed E-state index contributed by atoms with van der Waals surface area (Å²) in [4.78, 5) is 12.0. The van der Waals surface area contributed by atoms with Crippen molar-refractivity contribution in [3.8, 4) is 0 Å². The average molecular weight is 497 g/mol. The minimum absolute atomic E-state index is 0.00288. The highest BCUT2D eigenvalue weighted by atomic mass is 16.5. The molecule has 4 fully saturated rings. The van der Waals surface area contributed by atoms with Crippen molar-refractivity contribution in [2.75, 3.05) is 13.6 Å². The number of rotatable bonds is 5. The van der Waals surface area contributed by atoms with E-state index in [0.717, 1.165) is 37.1 Å². The van der Waals surface area contributed by atoms with Crippen LogP contribution in [0.1, 0.15) is 99.3 Å². The van der Waals surface area contributed by atoms with E-state index in [-0.39, 0.29) is 23.5 Å². The maximum absolute atomic E-state index is 12.0. The molecular weight excluding hydrogens is 444 g/mol. The Hall–Kier alpha value is -1.13. The summed E-state index contributed by atoms with van der Waals surface area (Å²) < 4.78 is 6.01. The van der Waals surface area contributed by atoms with Crippen LogP contribution in [0.2, 0.25) is 0 Å². The lowest BCUT2D eigenvalue weighted by atomic mass is 9.47. The molecule has 3 saturated carbocycles. The molecule has 0 aromatic heterocycles. The molecule has 2 N–H and O–H groups in total. The first-order valence-electron chi connectivity index (χ1n) is 15.0. The lowest BCUT2D eigenvalue weighted by Crippen LogP contribution is -2.58.